The second-order valence-corrected chi connectivity index (χ2v) is 4.95. The van der Waals surface area contributed by atoms with Gasteiger partial charge in [-0.05, 0) is 42.0 Å². The average Bonchev–Trinajstić information content (AvgIpc) is 2.32. The molecule has 0 saturated heterocycles. The SMILES string of the molecule is O=C([O-])c1cccc(Sc2ccc(Cl)cc2)c1. The van der Waals surface area contributed by atoms with Gasteiger partial charge in [0.2, 0.25) is 0 Å². The van der Waals surface area contributed by atoms with Crippen LogP contribution >= 0.6 is 23.4 Å². The van der Waals surface area contributed by atoms with Crippen molar-refractivity contribution in [1.82, 2.24) is 0 Å². The molecule has 17 heavy (non-hydrogen) atoms. The molecule has 0 fully saturated rings. The lowest BCUT2D eigenvalue weighted by atomic mass is 10.2. The Kier molecular flexibility index (Phi) is 3.71. The highest BCUT2D eigenvalue weighted by Gasteiger charge is 1.99. The van der Waals surface area contributed by atoms with Crippen LogP contribution in [-0.2, 0) is 0 Å². The van der Waals surface area contributed by atoms with Gasteiger partial charge in [-0.25, -0.2) is 0 Å². The molecule has 2 nitrogen and oxygen atoms in total. The van der Waals surface area contributed by atoms with E-state index in [4.69, 9.17) is 11.6 Å². The maximum Gasteiger partial charge on any atom is 0.0715 e. The number of hydrogen-bond donors (Lipinski definition) is 0. The van der Waals surface area contributed by atoms with E-state index >= 15 is 0 Å². The van der Waals surface area contributed by atoms with E-state index in [9.17, 15) is 9.90 Å². The lowest BCUT2D eigenvalue weighted by molar-refractivity contribution is -0.255. The highest BCUT2D eigenvalue weighted by molar-refractivity contribution is 7.99. The summed E-state index contributed by atoms with van der Waals surface area (Å²) in [7, 11) is 0. The standard InChI is InChI=1S/C13H9ClO2S/c14-10-4-6-11(7-5-10)17-12-3-1-2-9(8-12)13(15)16/h1-8H,(H,15,16)/p-1. The molecule has 0 heterocycles. The van der Waals surface area contributed by atoms with Crippen molar-refractivity contribution in [2.75, 3.05) is 0 Å². The first-order valence-electron chi connectivity index (χ1n) is 4.90. The number of rotatable bonds is 3. The third-order valence-electron chi connectivity index (χ3n) is 2.12. The lowest BCUT2D eigenvalue weighted by Crippen LogP contribution is -2.21. The van der Waals surface area contributed by atoms with Gasteiger partial charge in [-0.2, -0.15) is 0 Å². The molecule has 0 aromatic heterocycles. The largest absolute Gasteiger partial charge is 0.545 e. The molecule has 2 rings (SSSR count). The number of carboxylic acid groups (broad SMARTS) is 1. The minimum absolute atomic E-state index is 0.184. The molecule has 0 spiro atoms. The zero-order valence-electron chi connectivity index (χ0n) is 8.72. The molecule has 2 aromatic carbocycles. The van der Waals surface area contributed by atoms with E-state index in [0.717, 1.165) is 9.79 Å². The van der Waals surface area contributed by atoms with Crippen LogP contribution < -0.4 is 5.11 Å². The first-order valence-corrected chi connectivity index (χ1v) is 6.09. The molecule has 0 N–H and O–H groups in total. The maximum atomic E-state index is 10.7. The van der Waals surface area contributed by atoms with E-state index in [1.54, 1.807) is 24.3 Å². The molecule has 0 aliphatic carbocycles. The van der Waals surface area contributed by atoms with Crippen LogP contribution in [0.1, 0.15) is 10.4 Å². The van der Waals surface area contributed by atoms with Gasteiger partial charge in [0.1, 0.15) is 0 Å². The summed E-state index contributed by atoms with van der Waals surface area (Å²) in [6.45, 7) is 0. The first kappa shape index (κ1) is 12.0. The van der Waals surface area contributed by atoms with Crippen LogP contribution in [0.2, 0.25) is 5.02 Å². The summed E-state index contributed by atoms with van der Waals surface area (Å²) < 4.78 is 0. The van der Waals surface area contributed by atoms with E-state index in [0.29, 0.717) is 5.02 Å². The highest BCUT2D eigenvalue weighted by Crippen LogP contribution is 2.28. The van der Waals surface area contributed by atoms with E-state index in [1.165, 1.54) is 17.8 Å². The molecule has 0 aliphatic heterocycles. The molecule has 0 aliphatic rings. The van der Waals surface area contributed by atoms with Crippen LogP contribution in [-0.4, -0.2) is 5.97 Å². The third-order valence-corrected chi connectivity index (χ3v) is 3.37. The van der Waals surface area contributed by atoms with Crippen molar-refractivity contribution in [3.63, 3.8) is 0 Å². The number of carbonyl (C=O) groups is 1. The Morgan fingerprint density at radius 3 is 2.41 bits per heavy atom. The predicted molar refractivity (Wildman–Crippen MR) is 66.3 cm³/mol. The Morgan fingerprint density at radius 2 is 1.76 bits per heavy atom. The quantitative estimate of drug-likeness (QED) is 0.855. The second-order valence-electron chi connectivity index (χ2n) is 3.37. The van der Waals surface area contributed by atoms with Gasteiger partial charge in [0.15, 0.2) is 0 Å². The maximum absolute atomic E-state index is 10.7. The molecule has 4 heteroatoms. The monoisotopic (exact) mass is 263 g/mol. The van der Waals surface area contributed by atoms with Gasteiger partial charge in [0, 0.05) is 14.8 Å². The molecule has 0 amide bonds. The van der Waals surface area contributed by atoms with E-state index in [-0.39, 0.29) is 5.56 Å². The Hall–Kier alpha value is -1.45. The van der Waals surface area contributed by atoms with Gasteiger partial charge in [-0.15, -0.1) is 0 Å². The van der Waals surface area contributed by atoms with Crippen molar-refractivity contribution in [2.45, 2.75) is 9.79 Å². The molecule has 0 unspecified atom stereocenters. The molecule has 86 valence electrons. The number of benzene rings is 2. The van der Waals surface area contributed by atoms with Crippen LogP contribution in [0.3, 0.4) is 0 Å². The smallest absolute Gasteiger partial charge is 0.0715 e. The minimum atomic E-state index is -1.16. The minimum Gasteiger partial charge on any atom is -0.545 e. The summed E-state index contributed by atoms with van der Waals surface area (Å²) in [6, 6.07) is 14.0. The van der Waals surface area contributed by atoms with E-state index < -0.39 is 5.97 Å². The average molecular weight is 264 g/mol. The summed E-state index contributed by atoms with van der Waals surface area (Å²) in [5.74, 6) is -1.16. The van der Waals surface area contributed by atoms with Gasteiger partial charge >= 0.3 is 0 Å². The summed E-state index contributed by atoms with van der Waals surface area (Å²) in [6.07, 6.45) is 0. The molecular formula is C13H8ClO2S-. The van der Waals surface area contributed by atoms with Crippen molar-refractivity contribution in [1.29, 1.82) is 0 Å². The highest BCUT2D eigenvalue weighted by atomic mass is 35.5. The van der Waals surface area contributed by atoms with Gasteiger partial charge in [-0.1, -0.05) is 35.5 Å². The summed E-state index contributed by atoms with van der Waals surface area (Å²) in [4.78, 5) is 12.6. The van der Waals surface area contributed by atoms with Crippen LogP contribution in [0.4, 0.5) is 0 Å². The number of carboxylic acids is 1. The molecular weight excluding hydrogens is 256 g/mol. The summed E-state index contributed by atoms with van der Waals surface area (Å²) in [5, 5.41) is 11.4. The molecule has 0 saturated carbocycles. The van der Waals surface area contributed by atoms with Crippen LogP contribution in [0.5, 0.6) is 0 Å². The summed E-state index contributed by atoms with van der Waals surface area (Å²) in [5.41, 5.74) is 0.184. The molecule has 0 radical (unpaired) electrons. The predicted octanol–water partition coefficient (Wildman–Crippen LogP) is 2.85. The fraction of sp³-hybridized carbons (Fsp3) is 0. The first-order chi connectivity index (χ1) is 8.15. The second kappa shape index (κ2) is 5.25. The topological polar surface area (TPSA) is 40.1 Å². The fourth-order valence-corrected chi connectivity index (χ4v) is 2.33. The van der Waals surface area contributed by atoms with Crippen molar-refractivity contribution in [3.8, 4) is 0 Å². The van der Waals surface area contributed by atoms with E-state index in [1.807, 2.05) is 18.2 Å². The fourth-order valence-electron chi connectivity index (χ4n) is 1.33. The van der Waals surface area contributed by atoms with Crippen molar-refractivity contribution in [2.24, 2.45) is 0 Å². The van der Waals surface area contributed by atoms with E-state index in [2.05, 4.69) is 0 Å². The molecule has 2 aromatic rings. The number of aromatic carboxylic acids is 1. The number of hydrogen-bond acceptors (Lipinski definition) is 3. The molecule has 0 atom stereocenters. The Morgan fingerprint density at radius 1 is 1.06 bits per heavy atom. The Bertz CT molecular complexity index is 537. The van der Waals surface area contributed by atoms with Crippen LogP contribution in [0, 0.1) is 0 Å². The zero-order chi connectivity index (χ0) is 12.3. The van der Waals surface area contributed by atoms with Gasteiger partial charge in [-0.3, -0.25) is 0 Å². The van der Waals surface area contributed by atoms with Crippen molar-refractivity contribution >= 4 is 29.3 Å². The van der Waals surface area contributed by atoms with Gasteiger partial charge < -0.3 is 9.90 Å². The van der Waals surface area contributed by atoms with Crippen LogP contribution in [0.25, 0.3) is 0 Å². The lowest BCUT2D eigenvalue weighted by Gasteiger charge is -2.05. The number of halogens is 1. The molecule has 0 bridgehead atoms. The Balaban J connectivity index is 2.21. The van der Waals surface area contributed by atoms with Gasteiger partial charge in [0.25, 0.3) is 0 Å². The Labute approximate surface area is 108 Å². The number of carbonyl (C=O) groups excluding carboxylic acids is 1. The van der Waals surface area contributed by atoms with Crippen LogP contribution in [0.15, 0.2) is 58.3 Å². The van der Waals surface area contributed by atoms with Gasteiger partial charge in [0.05, 0.1) is 5.97 Å². The summed E-state index contributed by atoms with van der Waals surface area (Å²) >= 11 is 7.26. The van der Waals surface area contributed by atoms with Crippen molar-refractivity contribution < 1.29 is 9.90 Å². The third kappa shape index (κ3) is 3.25. The van der Waals surface area contributed by atoms with Crippen molar-refractivity contribution in [3.05, 3.63) is 59.1 Å². The zero-order valence-corrected chi connectivity index (χ0v) is 10.3. The normalized spacial score (nSPS) is 10.2.